The Morgan fingerprint density at radius 1 is 1.22 bits per heavy atom. The van der Waals surface area contributed by atoms with Gasteiger partial charge < -0.3 is 5.73 Å². The Morgan fingerprint density at radius 2 is 1.94 bits per heavy atom. The number of aromatic nitrogens is 2. The monoisotopic (exact) mass is 305 g/mol. The van der Waals surface area contributed by atoms with Crippen LogP contribution >= 0.6 is 15.9 Å². The molecule has 94 valence electrons. The quantitative estimate of drug-likeness (QED) is 0.878. The first-order valence-electron chi connectivity index (χ1n) is 6.27. The maximum Gasteiger partial charge on any atom is 0.160 e. The fourth-order valence-electron chi connectivity index (χ4n) is 2.71. The van der Waals surface area contributed by atoms with Gasteiger partial charge in [0.05, 0.1) is 10.2 Å². The Labute approximate surface area is 115 Å². The molecule has 2 aromatic rings. The van der Waals surface area contributed by atoms with E-state index in [1.54, 1.807) is 0 Å². The molecule has 1 aromatic heterocycles. The summed E-state index contributed by atoms with van der Waals surface area (Å²) in [6.07, 6.45) is 5.01. The van der Waals surface area contributed by atoms with Crippen molar-refractivity contribution in [3.63, 3.8) is 0 Å². The molecule has 0 saturated heterocycles. The minimum atomic E-state index is 0.547. The summed E-state index contributed by atoms with van der Waals surface area (Å²) >= 11 is 3.53. The molecule has 0 radical (unpaired) electrons. The van der Waals surface area contributed by atoms with Gasteiger partial charge in [-0.1, -0.05) is 12.1 Å². The third-order valence-electron chi connectivity index (χ3n) is 3.64. The van der Waals surface area contributed by atoms with Crippen molar-refractivity contribution in [2.75, 3.05) is 5.73 Å². The van der Waals surface area contributed by atoms with E-state index in [1.165, 1.54) is 42.4 Å². The Hall–Kier alpha value is -1.29. The Kier molecular flexibility index (Phi) is 2.90. The lowest BCUT2D eigenvalue weighted by Gasteiger charge is -2.16. The maximum absolute atomic E-state index is 5.84. The molecular weight excluding hydrogens is 290 g/mol. The van der Waals surface area contributed by atoms with Crippen LogP contribution in [0.3, 0.4) is 0 Å². The maximum atomic E-state index is 5.84. The van der Waals surface area contributed by atoms with E-state index in [9.17, 15) is 0 Å². The second kappa shape index (κ2) is 4.43. The van der Waals surface area contributed by atoms with E-state index in [4.69, 9.17) is 5.73 Å². The van der Waals surface area contributed by atoms with Crippen LogP contribution in [0.4, 0.5) is 5.82 Å². The summed E-state index contributed by atoms with van der Waals surface area (Å²) in [4.78, 5) is 0. The van der Waals surface area contributed by atoms with Gasteiger partial charge in [0.1, 0.15) is 0 Å². The normalized spacial score (nSPS) is 14.6. The average Bonchev–Trinajstić information content (AvgIpc) is 2.63. The average molecular weight is 306 g/mol. The second-order valence-corrected chi connectivity index (χ2v) is 5.66. The lowest BCUT2D eigenvalue weighted by Crippen LogP contribution is -2.03. The number of hydrogen-bond donors (Lipinski definition) is 1. The topological polar surface area (TPSA) is 43.8 Å². The zero-order valence-electron chi connectivity index (χ0n) is 10.4. The van der Waals surface area contributed by atoms with Gasteiger partial charge in [0.25, 0.3) is 0 Å². The molecule has 1 aromatic carbocycles. The van der Waals surface area contributed by atoms with E-state index in [0.717, 1.165) is 10.2 Å². The lowest BCUT2D eigenvalue weighted by molar-refractivity contribution is 0.685. The molecule has 0 amide bonds. The molecule has 4 heteroatoms. The molecule has 3 nitrogen and oxygen atoms in total. The predicted molar refractivity (Wildman–Crippen MR) is 77.4 cm³/mol. The number of aryl methyl sites for hydroxylation is 3. The third-order valence-corrected chi connectivity index (χ3v) is 4.42. The standard InChI is InChI=1S/C14H16BrN3/c1-18-13(12(15)14(16)17-18)11-7-6-9-4-2-3-5-10(9)8-11/h6-8H,2-5H2,1H3,(H2,16,17). The van der Waals surface area contributed by atoms with Crippen LogP contribution in [0.1, 0.15) is 24.0 Å². The van der Waals surface area contributed by atoms with Gasteiger partial charge in [0.15, 0.2) is 5.82 Å². The van der Waals surface area contributed by atoms with E-state index < -0.39 is 0 Å². The zero-order chi connectivity index (χ0) is 12.7. The van der Waals surface area contributed by atoms with Crippen molar-refractivity contribution in [1.29, 1.82) is 0 Å². The largest absolute Gasteiger partial charge is 0.381 e. The highest BCUT2D eigenvalue weighted by molar-refractivity contribution is 9.10. The van der Waals surface area contributed by atoms with Crippen molar-refractivity contribution in [3.8, 4) is 11.3 Å². The van der Waals surface area contributed by atoms with Crippen LogP contribution in [0, 0.1) is 0 Å². The van der Waals surface area contributed by atoms with E-state index in [1.807, 2.05) is 11.7 Å². The molecule has 18 heavy (non-hydrogen) atoms. The number of rotatable bonds is 1. The van der Waals surface area contributed by atoms with Crippen molar-refractivity contribution in [1.82, 2.24) is 9.78 Å². The predicted octanol–water partition coefficient (Wildman–Crippen LogP) is 3.31. The van der Waals surface area contributed by atoms with Gasteiger partial charge >= 0.3 is 0 Å². The molecule has 3 rings (SSSR count). The van der Waals surface area contributed by atoms with Crippen LogP contribution in [-0.2, 0) is 19.9 Å². The fraction of sp³-hybridized carbons (Fsp3) is 0.357. The van der Waals surface area contributed by atoms with Crippen molar-refractivity contribution < 1.29 is 0 Å². The van der Waals surface area contributed by atoms with Gasteiger partial charge in [-0.2, -0.15) is 5.10 Å². The van der Waals surface area contributed by atoms with E-state index in [2.05, 4.69) is 39.2 Å². The summed E-state index contributed by atoms with van der Waals surface area (Å²) in [6, 6.07) is 6.71. The van der Waals surface area contributed by atoms with Gasteiger partial charge in [0.2, 0.25) is 0 Å². The van der Waals surface area contributed by atoms with Crippen molar-refractivity contribution >= 4 is 21.7 Å². The fourth-order valence-corrected chi connectivity index (χ4v) is 3.28. The first kappa shape index (κ1) is 11.8. The molecule has 0 bridgehead atoms. The smallest absolute Gasteiger partial charge is 0.160 e. The molecule has 1 aliphatic carbocycles. The van der Waals surface area contributed by atoms with Gasteiger partial charge in [-0.05, 0) is 58.8 Å². The Balaban J connectivity index is 2.12. The summed E-state index contributed by atoms with van der Waals surface area (Å²) in [6.45, 7) is 0. The highest BCUT2D eigenvalue weighted by Crippen LogP contribution is 2.34. The van der Waals surface area contributed by atoms with Gasteiger partial charge in [-0.3, -0.25) is 4.68 Å². The van der Waals surface area contributed by atoms with Crippen LogP contribution < -0.4 is 5.73 Å². The molecule has 0 fully saturated rings. The summed E-state index contributed by atoms with van der Waals surface area (Å²) in [5.74, 6) is 0.547. The highest BCUT2D eigenvalue weighted by Gasteiger charge is 2.16. The highest BCUT2D eigenvalue weighted by atomic mass is 79.9. The molecule has 0 aliphatic heterocycles. The van der Waals surface area contributed by atoms with E-state index in [-0.39, 0.29) is 0 Å². The van der Waals surface area contributed by atoms with Crippen molar-refractivity contribution in [3.05, 3.63) is 33.8 Å². The number of halogens is 1. The second-order valence-electron chi connectivity index (χ2n) is 4.86. The lowest BCUT2D eigenvalue weighted by atomic mass is 9.90. The van der Waals surface area contributed by atoms with Gasteiger partial charge in [0, 0.05) is 12.6 Å². The summed E-state index contributed by atoms with van der Waals surface area (Å²) in [5.41, 5.74) is 11.1. The molecular formula is C14H16BrN3. The van der Waals surface area contributed by atoms with Crippen LogP contribution in [-0.4, -0.2) is 9.78 Å². The SMILES string of the molecule is Cn1nc(N)c(Br)c1-c1ccc2c(c1)CCCC2. The van der Waals surface area contributed by atoms with Crippen LogP contribution in [0.2, 0.25) is 0 Å². The van der Waals surface area contributed by atoms with Gasteiger partial charge in [-0.15, -0.1) is 0 Å². The van der Waals surface area contributed by atoms with Crippen molar-refractivity contribution in [2.24, 2.45) is 7.05 Å². The molecule has 0 atom stereocenters. The van der Waals surface area contributed by atoms with Crippen LogP contribution in [0.25, 0.3) is 11.3 Å². The Morgan fingerprint density at radius 3 is 2.61 bits per heavy atom. The Bertz CT molecular complexity index is 601. The van der Waals surface area contributed by atoms with Gasteiger partial charge in [-0.25, -0.2) is 0 Å². The number of fused-ring (bicyclic) bond motifs is 1. The van der Waals surface area contributed by atoms with E-state index >= 15 is 0 Å². The summed E-state index contributed by atoms with van der Waals surface area (Å²) < 4.78 is 2.73. The number of nitrogens with two attached hydrogens (primary N) is 1. The summed E-state index contributed by atoms with van der Waals surface area (Å²) in [5, 5.41) is 4.25. The van der Waals surface area contributed by atoms with Crippen molar-refractivity contribution in [2.45, 2.75) is 25.7 Å². The number of hydrogen-bond acceptors (Lipinski definition) is 2. The minimum Gasteiger partial charge on any atom is -0.381 e. The minimum absolute atomic E-state index is 0.547. The van der Waals surface area contributed by atoms with E-state index in [0.29, 0.717) is 5.82 Å². The first-order chi connectivity index (χ1) is 8.66. The number of nitrogens with zero attached hydrogens (tertiary/aromatic N) is 2. The molecule has 1 aliphatic rings. The number of anilines is 1. The van der Waals surface area contributed by atoms with Crippen LogP contribution in [0.5, 0.6) is 0 Å². The summed E-state index contributed by atoms with van der Waals surface area (Å²) in [7, 11) is 1.93. The molecule has 2 N–H and O–H groups in total. The first-order valence-corrected chi connectivity index (χ1v) is 7.06. The zero-order valence-corrected chi connectivity index (χ0v) is 12.0. The molecule has 0 spiro atoms. The van der Waals surface area contributed by atoms with Crippen LogP contribution in [0.15, 0.2) is 22.7 Å². The molecule has 0 unspecified atom stereocenters. The molecule has 0 saturated carbocycles. The molecule has 1 heterocycles. The number of nitrogen functional groups attached to an aromatic ring is 1. The third kappa shape index (κ3) is 1.85. The number of benzene rings is 1.